The number of hydrogen-bond acceptors (Lipinski definition) is 10. The molecule has 0 aliphatic rings. The molecule has 1 aromatic heterocycles. The molecule has 1 unspecified atom stereocenters. The lowest BCUT2D eigenvalue weighted by molar-refractivity contribution is -0.385. The van der Waals surface area contributed by atoms with E-state index < -0.39 is 26.9 Å². The highest BCUT2D eigenvalue weighted by Crippen LogP contribution is 2.29. The summed E-state index contributed by atoms with van der Waals surface area (Å²) in [6.45, 7) is 1.73. The minimum absolute atomic E-state index is 0.0549. The molecular formula is C34H26N6O7S2. The Bertz CT molecular complexity index is 2050. The second kappa shape index (κ2) is 15.6. The van der Waals surface area contributed by atoms with Gasteiger partial charge < -0.3 is 16.0 Å². The van der Waals surface area contributed by atoms with Crippen molar-refractivity contribution in [1.29, 1.82) is 0 Å². The van der Waals surface area contributed by atoms with Crippen LogP contribution in [0.25, 0.3) is 17.3 Å². The lowest BCUT2D eigenvalue weighted by atomic mass is 10.1. The molecule has 0 saturated heterocycles. The first-order valence-electron chi connectivity index (χ1n) is 14.5. The van der Waals surface area contributed by atoms with Crippen LogP contribution in [0.5, 0.6) is 0 Å². The van der Waals surface area contributed by atoms with Gasteiger partial charge >= 0.3 is 0 Å². The number of nitro benzene ring substituents is 2. The number of thiazole rings is 1. The van der Waals surface area contributed by atoms with Crippen LogP contribution in [0.2, 0.25) is 0 Å². The topological polar surface area (TPSA) is 186 Å². The SMILES string of the molecule is CC(Sc1ccc(NC(=O)/C(=C/c2ccc([N+](=O)[O-])cc2)NC(=O)c2ccccc2)cc1)C(=O)Nc1nc(-c2cccc([N+](=O)[O-])c2)cs1. The normalized spacial score (nSPS) is 11.7. The van der Waals surface area contributed by atoms with E-state index in [9.17, 15) is 34.6 Å². The van der Waals surface area contributed by atoms with Gasteiger partial charge in [-0.25, -0.2) is 4.98 Å². The number of anilines is 2. The summed E-state index contributed by atoms with van der Waals surface area (Å²) in [5.41, 5.74) is 2.04. The third kappa shape index (κ3) is 9.21. The molecule has 0 bridgehead atoms. The van der Waals surface area contributed by atoms with Crippen molar-refractivity contribution in [2.24, 2.45) is 0 Å². The maximum atomic E-state index is 13.3. The summed E-state index contributed by atoms with van der Waals surface area (Å²) in [6, 6.07) is 26.7. The zero-order valence-corrected chi connectivity index (χ0v) is 27.2. The predicted molar refractivity (Wildman–Crippen MR) is 188 cm³/mol. The fourth-order valence-electron chi connectivity index (χ4n) is 4.32. The van der Waals surface area contributed by atoms with Gasteiger partial charge in [0, 0.05) is 51.4 Å². The van der Waals surface area contributed by atoms with Gasteiger partial charge in [-0.3, -0.25) is 34.6 Å². The lowest BCUT2D eigenvalue weighted by Crippen LogP contribution is -2.30. The quantitative estimate of drug-likeness (QED) is 0.0527. The average Bonchev–Trinajstić information content (AvgIpc) is 3.58. The van der Waals surface area contributed by atoms with Gasteiger partial charge in [-0.2, -0.15) is 0 Å². The van der Waals surface area contributed by atoms with Crippen molar-refractivity contribution in [1.82, 2.24) is 10.3 Å². The maximum absolute atomic E-state index is 13.3. The molecule has 0 fully saturated rings. The average molecular weight is 695 g/mol. The smallest absolute Gasteiger partial charge is 0.272 e. The molecule has 3 amide bonds. The predicted octanol–water partition coefficient (Wildman–Crippen LogP) is 7.16. The van der Waals surface area contributed by atoms with Gasteiger partial charge in [0.2, 0.25) is 5.91 Å². The van der Waals surface area contributed by atoms with Crippen LogP contribution in [-0.2, 0) is 9.59 Å². The van der Waals surface area contributed by atoms with E-state index in [1.165, 1.54) is 65.6 Å². The zero-order valence-electron chi connectivity index (χ0n) is 25.6. The van der Waals surface area contributed by atoms with E-state index in [1.807, 2.05) is 0 Å². The summed E-state index contributed by atoms with van der Waals surface area (Å²) < 4.78 is 0. The van der Waals surface area contributed by atoms with Crippen LogP contribution in [0.1, 0.15) is 22.8 Å². The van der Waals surface area contributed by atoms with E-state index in [0.29, 0.717) is 33.2 Å². The van der Waals surface area contributed by atoms with Crippen molar-refractivity contribution in [3.8, 4) is 11.3 Å². The number of non-ortho nitro benzene ring substituents is 2. The number of nitrogens with one attached hydrogen (secondary N) is 3. The lowest BCUT2D eigenvalue weighted by Gasteiger charge is -2.13. The molecule has 0 aliphatic heterocycles. The van der Waals surface area contributed by atoms with Crippen molar-refractivity contribution in [3.63, 3.8) is 0 Å². The van der Waals surface area contributed by atoms with E-state index >= 15 is 0 Å². The number of aromatic nitrogens is 1. The Morgan fingerprint density at radius 2 is 1.53 bits per heavy atom. The Morgan fingerprint density at radius 3 is 2.20 bits per heavy atom. The van der Waals surface area contributed by atoms with Crippen LogP contribution < -0.4 is 16.0 Å². The first-order valence-corrected chi connectivity index (χ1v) is 16.2. The van der Waals surface area contributed by atoms with Gasteiger partial charge in [0.15, 0.2) is 5.13 Å². The highest BCUT2D eigenvalue weighted by molar-refractivity contribution is 8.00. The molecule has 4 aromatic carbocycles. The van der Waals surface area contributed by atoms with Gasteiger partial charge in [-0.05, 0) is 67.1 Å². The molecule has 1 heterocycles. The highest BCUT2D eigenvalue weighted by atomic mass is 32.2. The summed E-state index contributed by atoms with van der Waals surface area (Å²) in [4.78, 5) is 65.4. The number of thioether (sulfide) groups is 1. The van der Waals surface area contributed by atoms with Crippen LogP contribution in [-0.4, -0.2) is 37.8 Å². The first-order chi connectivity index (χ1) is 23.5. The van der Waals surface area contributed by atoms with Crippen LogP contribution in [0.3, 0.4) is 0 Å². The molecule has 0 aliphatic carbocycles. The molecule has 15 heteroatoms. The molecule has 0 radical (unpaired) electrons. The van der Waals surface area contributed by atoms with Gasteiger partial charge in [0.05, 0.1) is 20.8 Å². The van der Waals surface area contributed by atoms with E-state index in [4.69, 9.17) is 0 Å². The van der Waals surface area contributed by atoms with Crippen LogP contribution >= 0.6 is 23.1 Å². The van der Waals surface area contributed by atoms with Gasteiger partial charge in [0.1, 0.15) is 5.70 Å². The zero-order chi connectivity index (χ0) is 34.9. The first kappa shape index (κ1) is 34.2. The van der Waals surface area contributed by atoms with Crippen molar-refractivity contribution < 1.29 is 24.2 Å². The Labute approximate surface area is 287 Å². The molecule has 0 saturated carbocycles. The van der Waals surface area contributed by atoms with E-state index in [1.54, 1.807) is 79.0 Å². The summed E-state index contributed by atoms with van der Waals surface area (Å²) >= 11 is 2.49. The van der Waals surface area contributed by atoms with Crippen molar-refractivity contribution in [3.05, 3.63) is 146 Å². The Kier molecular flexibility index (Phi) is 10.9. The molecule has 246 valence electrons. The molecule has 3 N–H and O–H groups in total. The molecule has 5 aromatic rings. The number of carbonyl (C=O) groups excluding carboxylic acids is 3. The summed E-state index contributed by atoms with van der Waals surface area (Å²) in [7, 11) is 0. The van der Waals surface area contributed by atoms with Crippen molar-refractivity contribution in [2.45, 2.75) is 17.1 Å². The second-order valence-corrected chi connectivity index (χ2v) is 12.6. The minimum atomic E-state index is -0.622. The molecule has 13 nitrogen and oxygen atoms in total. The monoisotopic (exact) mass is 694 g/mol. The van der Waals surface area contributed by atoms with E-state index in [0.717, 1.165) is 4.90 Å². The third-order valence-corrected chi connectivity index (χ3v) is 8.69. The Morgan fingerprint density at radius 1 is 0.837 bits per heavy atom. The fourth-order valence-corrected chi connectivity index (χ4v) is 5.91. The number of amides is 3. The number of nitro groups is 2. The van der Waals surface area contributed by atoms with Gasteiger partial charge in [0.25, 0.3) is 23.2 Å². The Hall–Kier alpha value is -6.19. The molecule has 0 spiro atoms. The second-order valence-electron chi connectivity index (χ2n) is 10.3. The molecular weight excluding hydrogens is 669 g/mol. The van der Waals surface area contributed by atoms with Crippen LogP contribution in [0.15, 0.2) is 119 Å². The van der Waals surface area contributed by atoms with Crippen LogP contribution in [0.4, 0.5) is 22.2 Å². The van der Waals surface area contributed by atoms with Crippen LogP contribution in [0, 0.1) is 20.2 Å². The fraction of sp³-hybridized carbons (Fsp3) is 0.0588. The highest BCUT2D eigenvalue weighted by Gasteiger charge is 2.19. The van der Waals surface area contributed by atoms with E-state index in [-0.39, 0.29) is 23.0 Å². The summed E-state index contributed by atoms with van der Waals surface area (Å²) in [6.07, 6.45) is 1.42. The van der Waals surface area contributed by atoms with Crippen molar-refractivity contribution in [2.75, 3.05) is 10.6 Å². The van der Waals surface area contributed by atoms with Gasteiger partial charge in [-0.1, -0.05) is 30.3 Å². The molecule has 1 atom stereocenters. The number of rotatable bonds is 12. The number of hydrogen-bond donors (Lipinski definition) is 3. The van der Waals surface area contributed by atoms with Crippen molar-refractivity contribution >= 4 is 69.1 Å². The minimum Gasteiger partial charge on any atom is -0.321 e. The van der Waals surface area contributed by atoms with Gasteiger partial charge in [-0.15, -0.1) is 23.1 Å². The summed E-state index contributed by atoms with van der Waals surface area (Å²) in [5.74, 6) is -1.43. The largest absolute Gasteiger partial charge is 0.321 e. The molecule has 5 rings (SSSR count). The van der Waals surface area contributed by atoms with E-state index in [2.05, 4.69) is 20.9 Å². The third-order valence-electron chi connectivity index (χ3n) is 6.83. The number of benzene rings is 4. The maximum Gasteiger partial charge on any atom is 0.272 e. The standard InChI is InChI=1S/C34H26N6O7S2/c1-21(31(41)38-34-37-30(20-48-34)24-8-5-9-27(19-24)40(46)47)49-28-16-12-25(13-17-28)35-33(43)29(36-32(42)23-6-3-2-4-7-23)18-22-10-14-26(15-11-22)39(44)45/h2-21H,1H3,(H,35,43)(H,36,42)(H,37,38,41)/b29-18-. The number of carbonyl (C=O) groups is 3. The summed E-state index contributed by atoms with van der Waals surface area (Å²) in [5, 5.41) is 31.8. The Balaban J connectivity index is 1.22. The number of nitrogens with zero attached hydrogens (tertiary/aromatic N) is 3. The molecule has 49 heavy (non-hydrogen) atoms.